The number of carbonyl (C=O) groups is 1. The summed E-state index contributed by atoms with van der Waals surface area (Å²) < 4.78 is 17.7. The molecule has 4 nitrogen and oxygen atoms in total. The normalized spacial score (nSPS) is 9.86. The Morgan fingerprint density at radius 1 is 1.57 bits per heavy atom. The van der Waals surface area contributed by atoms with E-state index in [-0.39, 0.29) is 12.3 Å². The lowest BCUT2D eigenvalue weighted by atomic mass is 10.2. The first-order valence-electron chi connectivity index (χ1n) is 3.96. The van der Waals surface area contributed by atoms with Gasteiger partial charge in [0.1, 0.15) is 0 Å². The smallest absolute Gasteiger partial charge is 0.341 e. The lowest BCUT2D eigenvalue weighted by Gasteiger charge is -2.05. The molecule has 0 saturated carbocycles. The maximum Gasteiger partial charge on any atom is 0.341 e. The van der Waals surface area contributed by atoms with E-state index in [2.05, 4.69) is 0 Å². The Morgan fingerprint density at radius 2 is 2.29 bits per heavy atom. The highest BCUT2D eigenvalue weighted by molar-refractivity contribution is 5.68. The topological polar surface area (TPSA) is 72.5 Å². The van der Waals surface area contributed by atoms with Crippen LogP contribution in [0.1, 0.15) is 5.56 Å². The van der Waals surface area contributed by atoms with E-state index >= 15 is 0 Å². The van der Waals surface area contributed by atoms with Crippen LogP contribution in [0.25, 0.3) is 0 Å². The number of hydrogen-bond donors (Lipinski definition) is 2. The quantitative estimate of drug-likeness (QED) is 0.750. The molecule has 76 valence electrons. The van der Waals surface area contributed by atoms with E-state index in [1.54, 1.807) is 0 Å². The predicted molar refractivity (Wildman–Crippen MR) is 47.4 cm³/mol. The summed E-state index contributed by atoms with van der Waals surface area (Å²) in [7, 11) is 0. The molecule has 0 unspecified atom stereocenters. The molecule has 0 spiro atoms. The number of ether oxygens (including phenoxy) is 1. The third-order valence-electron chi connectivity index (χ3n) is 1.58. The number of hydrogen-bond acceptors (Lipinski definition) is 3. The van der Waals surface area contributed by atoms with Crippen LogP contribution in [0, 0.1) is 5.82 Å². The SMILES string of the molecule is NCc1ccc(F)c(OCC(=O)O)c1. The van der Waals surface area contributed by atoms with E-state index in [1.165, 1.54) is 18.2 Å². The Kier molecular flexibility index (Phi) is 3.41. The zero-order chi connectivity index (χ0) is 10.6. The third kappa shape index (κ3) is 2.70. The van der Waals surface area contributed by atoms with E-state index in [0.717, 1.165) is 0 Å². The Morgan fingerprint density at radius 3 is 2.86 bits per heavy atom. The summed E-state index contributed by atoms with van der Waals surface area (Å²) in [5.74, 6) is -1.83. The van der Waals surface area contributed by atoms with Crippen molar-refractivity contribution >= 4 is 5.97 Å². The number of halogens is 1. The number of carboxylic acid groups (broad SMARTS) is 1. The second-order valence-electron chi connectivity index (χ2n) is 2.65. The van der Waals surface area contributed by atoms with Gasteiger partial charge in [0.2, 0.25) is 0 Å². The fourth-order valence-electron chi connectivity index (χ4n) is 0.925. The molecular weight excluding hydrogens is 189 g/mol. The summed E-state index contributed by atoms with van der Waals surface area (Å²) >= 11 is 0. The highest BCUT2D eigenvalue weighted by atomic mass is 19.1. The molecule has 0 radical (unpaired) electrons. The molecule has 0 aliphatic carbocycles. The number of rotatable bonds is 4. The van der Waals surface area contributed by atoms with Gasteiger partial charge in [-0.2, -0.15) is 0 Å². The summed E-state index contributed by atoms with van der Waals surface area (Å²) in [4.78, 5) is 10.2. The lowest BCUT2D eigenvalue weighted by molar-refractivity contribution is -0.139. The molecule has 0 atom stereocenters. The molecule has 0 fully saturated rings. The number of aliphatic carboxylic acids is 1. The van der Waals surface area contributed by atoms with Crippen molar-refractivity contribution in [2.24, 2.45) is 5.73 Å². The average molecular weight is 199 g/mol. The molecule has 0 aromatic heterocycles. The van der Waals surface area contributed by atoms with Crippen LogP contribution in [0.15, 0.2) is 18.2 Å². The molecule has 0 amide bonds. The molecule has 0 bridgehead atoms. The molecular formula is C9H10FNO3. The first-order chi connectivity index (χ1) is 6.63. The molecule has 5 heteroatoms. The van der Waals surface area contributed by atoms with Crippen LogP contribution in [0.3, 0.4) is 0 Å². The summed E-state index contributed by atoms with van der Waals surface area (Å²) in [5.41, 5.74) is 6.02. The second kappa shape index (κ2) is 4.57. The fourth-order valence-corrected chi connectivity index (χ4v) is 0.925. The molecule has 0 aliphatic heterocycles. The van der Waals surface area contributed by atoms with Crippen molar-refractivity contribution in [3.05, 3.63) is 29.6 Å². The molecule has 3 N–H and O–H groups in total. The van der Waals surface area contributed by atoms with E-state index in [9.17, 15) is 9.18 Å². The van der Waals surface area contributed by atoms with Crippen LogP contribution < -0.4 is 10.5 Å². The van der Waals surface area contributed by atoms with Gasteiger partial charge in [-0.05, 0) is 17.7 Å². The molecule has 1 aromatic rings. The maximum atomic E-state index is 13.0. The van der Waals surface area contributed by atoms with Gasteiger partial charge < -0.3 is 15.6 Å². The highest BCUT2D eigenvalue weighted by Gasteiger charge is 2.06. The minimum absolute atomic E-state index is 0.0876. The van der Waals surface area contributed by atoms with Gasteiger partial charge in [0, 0.05) is 6.54 Å². The van der Waals surface area contributed by atoms with Crippen LogP contribution in [0.5, 0.6) is 5.75 Å². The summed E-state index contributed by atoms with van der Waals surface area (Å²) in [6.07, 6.45) is 0. The maximum absolute atomic E-state index is 13.0. The molecule has 14 heavy (non-hydrogen) atoms. The molecule has 0 heterocycles. The van der Waals surface area contributed by atoms with Crippen molar-refractivity contribution in [2.45, 2.75) is 6.54 Å². The van der Waals surface area contributed by atoms with Crippen LogP contribution in [-0.4, -0.2) is 17.7 Å². The van der Waals surface area contributed by atoms with Gasteiger partial charge in [0.15, 0.2) is 18.2 Å². The number of benzene rings is 1. The van der Waals surface area contributed by atoms with Gasteiger partial charge in [0.25, 0.3) is 0 Å². The predicted octanol–water partition coefficient (Wildman–Crippen LogP) is 0.748. The Hall–Kier alpha value is -1.62. The van der Waals surface area contributed by atoms with E-state index in [4.69, 9.17) is 15.6 Å². The summed E-state index contributed by atoms with van der Waals surface area (Å²) in [5, 5.41) is 8.32. The van der Waals surface area contributed by atoms with Gasteiger partial charge >= 0.3 is 5.97 Å². The molecule has 0 aliphatic rings. The van der Waals surface area contributed by atoms with Gasteiger partial charge in [-0.1, -0.05) is 6.07 Å². The minimum atomic E-state index is -1.15. The van der Waals surface area contributed by atoms with Crippen molar-refractivity contribution in [1.29, 1.82) is 0 Å². The Balaban J connectivity index is 2.78. The Labute approximate surface area is 80.1 Å². The number of carboxylic acids is 1. The lowest BCUT2D eigenvalue weighted by Crippen LogP contribution is -2.10. The van der Waals surface area contributed by atoms with Gasteiger partial charge in [0.05, 0.1) is 0 Å². The first kappa shape index (κ1) is 10.5. The van der Waals surface area contributed by atoms with Crippen LogP contribution >= 0.6 is 0 Å². The molecule has 1 aromatic carbocycles. The van der Waals surface area contributed by atoms with Crippen LogP contribution in [0.2, 0.25) is 0 Å². The van der Waals surface area contributed by atoms with Crippen LogP contribution in [0.4, 0.5) is 4.39 Å². The van der Waals surface area contributed by atoms with E-state index in [0.29, 0.717) is 5.56 Å². The molecule has 1 rings (SSSR count). The second-order valence-corrected chi connectivity index (χ2v) is 2.65. The standard InChI is InChI=1S/C9H10FNO3/c10-7-2-1-6(4-11)3-8(7)14-5-9(12)13/h1-3H,4-5,11H2,(H,12,13). The Bertz CT molecular complexity index is 341. The van der Waals surface area contributed by atoms with Crippen molar-refractivity contribution in [3.8, 4) is 5.75 Å². The summed E-state index contributed by atoms with van der Waals surface area (Å²) in [6, 6.07) is 4.10. The van der Waals surface area contributed by atoms with E-state index in [1.807, 2.05) is 0 Å². The largest absolute Gasteiger partial charge is 0.479 e. The van der Waals surface area contributed by atoms with Crippen molar-refractivity contribution in [3.63, 3.8) is 0 Å². The minimum Gasteiger partial charge on any atom is -0.479 e. The average Bonchev–Trinajstić information content (AvgIpc) is 2.16. The fraction of sp³-hybridized carbons (Fsp3) is 0.222. The number of nitrogens with two attached hydrogens (primary N) is 1. The third-order valence-corrected chi connectivity index (χ3v) is 1.58. The zero-order valence-electron chi connectivity index (χ0n) is 7.37. The van der Waals surface area contributed by atoms with Crippen molar-refractivity contribution in [2.75, 3.05) is 6.61 Å². The van der Waals surface area contributed by atoms with Gasteiger partial charge in [-0.3, -0.25) is 0 Å². The van der Waals surface area contributed by atoms with Crippen molar-refractivity contribution < 1.29 is 19.0 Å². The van der Waals surface area contributed by atoms with Gasteiger partial charge in [-0.15, -0.1) is 0 Å². The zero-order valence-corrected chi connectivity index (χ0v) is 7.37. The summed E-state index contributed by atoms with van der Waals surface area (Å²) in [6.45, 7) is -0.311. The molecule has 0 saturated heterocycles. The van der Waals surface area contributed by atoms with E-state index < -0.39 is 18.4 Å². The monoisotopic (exact) mass is 199 g/mol. The van der Waals surface area contributed by atoms with Gasteiger partial charge in [-0.25, -0.2) is 9.18 Å². The highest BCUT2D eigenvalue weighted by Crippen LogP contribution is 2.18. The van der Waals surface area contributed by atoms with Crippen LogP contribution in [-0.2, 0) is 11.3 Å². The first-order valence-corrected chi connectivity index (χ1v) is 3.96. The van der Waals surface area contributed by atoms with Crippen molar-refractivity contribution in [1.82, 2.24) is 0 Å².